The maximum atomic E-state index is 11.6. The quantitative estimate of drug-likeness (QED) is 0.678. The van der Waals surface area contributed by atoms with Crippen LogP contribution in [-0.2, 0) is 6.54 Å². The molecule has 1 heterocycles. The maximum absolute atomic E-state index is 11.6. The van der Waals surface area contributed by atoms with Gasteiger partial charge < -0.3 is 4.57 Å². The number of hydrogen-bond acceptors (Lipinski definition) is 3. The molecule has 0 aliphatic heterocycles. The summed E-state index contributed by atoms with van der Waals surface area (Å²) in [4.78, 5) is 34.5. The predicted octanol–water partition coefficient (Wildman–Crippen LogP) is 0.803. The summed E-state index contributed by atoms with van der Waals surface area (Å²) < 4.78 is 1.61. The van der Waals surface area contributed by atoms with Crippen molar-refractivity contribution in [2.45, 2.75) is 13.5 Å². The number of pyridine rings is 1. The van der Waals surface area contributed by atoms with Gasteiger partial charge in [0, 0.05) is 18.8 Å². The van der Waals surface area contributed by atoms with Gasteiger partial charge in [0.05, 0.1) is 5.56 Å². The molecular weight excluding hydrogens is 194 g/mol. The Hall–Kier alpha value is -1.97. The van der Waals surface area contributed by atoms with Gasteiger partial charge in [-0.05, 0) is 19.1 Å². The largest absolute Gasteiger partial charge is 0.344 e. The number of allylic oxidation sites excluding steroid dienone is 2. The normalized spacial score (nSPS) is 14.2. The van der Waals surface area contributed by atoms with E-state index in [9.17, 15) is 14.4 Å². The van der Waals surface area contributed by atoms with E-state index < -0.39 is 11.2 Å². The van der Waals surface area contributed by atoms with E-state index in [0.717, 1.165) is 6.08 Å². The highest BCUT2D eigenvalue weighted by Gasteiger charge is 2.24. The number of hydrogen-bond donors (Lipinski definition) is 0. The van der Waals surface area contributed by atoms with Gasteiger partial charge in [0.1, 0.15) is 5.69 Å². The van der Waals surface area contributed by atoms with E-state index >= 15 is 0 Å². The Bertz CT molecular complexity index is 537. The number of aromatic nitrogens is 1. The van der Waals surface area contributed by atoms with Gasteiger partial charge in [-0.1, -0.05) is 0 Å². The van der Waals surface area contributed by atoms with Crippen LogP contribution in [0.2, 0.25) is 0 Å². The molecule has 4 heteroatoms. The Labute approximate surface area is 85.8 Å². The molecule has 0 saturated heterocycles. The Balaban J connectivity index is 2.85. The third-order valence-corrected chi connectivity index (χ3v) is 2.38. The molecule has 1 aromatic rings. The molecule has 0 bridgehead atoms. The molecule has 4 nitrogen and oxygen atoms in total. The van der Waals surface area contributed by atoms with Crippen molar-refractivity contribution in [3.8, 4) is 0 Å². The van der Waals surface area contributed by atoms with Crippen molar-refractivity contribution in [1.82, 2.24) is 4.57 Å². The summed E-state index contributed by atoms with van der Waals surface area (Å²) in [6.07, 6.45) is 3.88. The molecule has 0 saturated carbocycles. The molecule has 0 spiro atoms. The summed E-state index contributed by atoms with van der Waals surface area (Å²) in [5.74, 6) is -0.679. The van der Waals surface area contributed by atoms with Gasteiger partial charge in [-0.25, -0.2) is 0 Å². The Kier molecular flexibility index (Phi) is 2.11. The minimum absolute atomic E-state index is 0.00755. The number of rotatable bonds is 1. The smallest absolute Gasteiger partial charge is 0.203 e. The van der Waals surface area contributed by atoms with E-state index in [0.29, 0.717) is 6.54 Å². The molecule has 1 aliphatic rings. The van der Waals surface area contributed by atoms with Gasteiger partial charge in [0.2, 0.25) is 5.78 Å². The summed E-state index contributed by atoms with van der Waals surface area (Å²) in [7, 11) is 0. The Morgan fingerprint density at radius 1 is 1.13 bits per heavy atom. The molecule has 0 unspecified atom stereocenters. The van der Waals surface area contributed by atoms with Crippen molar-refractivity contribution < 1.29 is 9.59 Å². The molecule has 1 aliphatic carbocycles. The number of aryl methyl sites for hydroxylation is 1. The third kappa shape index (κ3) is 1.34. The van der Waals surface area contributed by atoms with Crippen LogP contribution >= 0.6 is 0 Å². The molecule has 0 amide bonds. The summed E-state index contributed by atoms with van der Waals surface area (Å²) in [5.41, 5.74) is -0.193. The highest BCUT2D eigenvalue weighted by Crippen LogP contribution is 2.13. The number of carbonyl (C=O) groups is 2. The fourth-order valence-corrected chi connectivity index (χ4v) is 1.66. The SMILES string of the molecule is CCn1ccc(=O)c2c1C(=O)C=CC2=O. The summed E-state index contributed by atoms with van der Waals surface area (Å²) in [6.45, 7) is 2.40. The minimum atomic E-state index is -0.391. The van der Waals surface area contributed by atoms with Gasteiger partial charge in [-0.15, -0.1) is 0 Å². The lowest BCUT2D eigenvalue weighted by Crippen LogP contribution is -2.26. The summed E-state index contributed by atoms with van der Waals surface area (Å²) in [6, 6.07) is 1.31. The molecule has 0 aromatic carbocycles. The van der Waals surface area contributed by atoms with Crippen LogP contribution in [0.15, 0.2) is 29.2 Å². The van der Waals surface area contributed by atoms with E-state index in [2.05, 4.69) is 0 Å². The van der Waals surface area contributed by atoms with Crippen molar-refractivity contribution >= 4 is 11.6 Å². The van der Waals surface area contributed by atoms with Crippen LogP contribution in [0.25, 0.3) is 0 Å². The molecule has 76 valence electrons. The van der Waals surface area contributed by atoms with Gasteiger partial charge in [-0.2, -0.15) is 0 Å². The average molecular weight is 203 g/mol. The van der Waals surface area contributed by atoms with Crippen molar-refractivity contribution in [3.63, 3.8) is 0 Å². The standard InChI is InChI=1S/C11H9NO3/c1-2-12-6-5-8(14)10-7(13)3-4-9(15)11(10)12/h3-6H,2H2,1H3. The van der Waals surface area contributed by atoms with Gasteiger partial charge in [0.25, 0.3) is 0 Å². The molecule has 0 radical (unpaired) electrons. The molecule has 2 rings (SSSR count). The Morgan fingerprint density at radius 3 is 2.47 bits per heavy atom. The van der Waals surface area contributed by atoms with Crippen LogP contribution in [0.5, 0.6) is 0 Å². The van der Waals surface area contributed by atoms with Gasteiger partial charge in [0.15, 0.2) is 11.2 Å². The second-order valence-corrected chi connectivity index (χ2v) is 3.25. The second-order valence-electron chi connectivity index (χ2n) is 3.25. The number of fused-ring (bicyclic) bond motifs is 1. The maximum Gasteiger partial charge on any atom is 0.203 e. The van der Waals surface area contributed by atoms with E-state index in [1.54, 1.807) is 4.57 Å². The lowest BCUT2D eigenvalue weighted by Gasteiger charge is -2.14. The van der Waals surface area contributed by atoms with Gasteiger partial charge in [-0.3, -0.25) is 14.4 Å². The van der Waals surface area contributed by atoms with E-state index in [-0.39, 0.29) is 17.0 Å². The first-order valence-electron chi connectivity index (χ1n) is 4.65. The second kappa shape index (κ2) is 3.31. The highest BCUT2D eigenvalue weighted by molar-refractivity contribution is 6.21. The van der Waals surface area contributed by atoms with Crippen molar-refractivity contribution in [1.29, 1.82) is 0 Å². The third-order valence-electron chi connectivity index (χ3n) is 2.38. The van der Waals surface area contributed by atoms with E-state index in [4.69, 9.17) is 0 Å². The average Bonchev–Trinajstić information content (AvgIpc) is 2.23. The van der Waals surface area contributed by atoms with E-state index in [1.165, 1.54) is 18.3 Å². The van der Waals surface area contributed by atoms with Gasteiger partial charge >= 0.3 is 0 Å². The first-order chi connectivity index (χ1) is 7.15. The lowest BCUT2D eigenvalue weighted by molar-refractivity contribution is 0.0985. The zero-order chi connectivity index (χ0) is 11.0. The van der Waals surface area contributed by atoms with Crippen molar-refractivity contribution in [2.24, 2.45) is 0 Å². The Morgan fingerprint density at radius 2 is 1.80 bits per heavy atom. The van der Waals surface area contributed by atoms with E-state index in [1.807, 2.05) is 6.92 Å². The number of ketones is 2. The monoisotopic (exact) mass is 203 g/mol. The van der Waals surface area contributed by atoms with Crippen LogP contribution in [0.3, 0.4) is 0 Å². The van der Waals surface area contributed by atoms with Crippen LogP contribution in [-0.4, -0.2) is 16.1 Å². The number of nitrogens with zero attached hydrogens (tertiary/aromatic N) is 1. The molecule has 1 aromatic heterocycles. The zero-order valence-electron chi connectivity index (χ0n) is 8.19. The van der Waals surface area contributed by atoms with Crippen molar-refractivity contribution in [2.75, 3.05) is 0 Å². The van der Waals surface area contributed by atoms with Crippen LogP contribution in [0.1, 0.15) is 27.8 Å². The van der Waals surface area contributed by atoms with Crippen molar-refractivity contribution in [3.05, 3.63) is 45.9 Å². The lowest BCUT2D eigenvalue weighted by atomic mass is 9.99. The number of carbonyl (C=O) groups excluding carboxylic acids is 2. The topological polar surface area (TPSA) is 56.1 Å². The molecule has 0 N–H and O–H groups in total. The van der Waals surface area contributed by atoms with Crippen LogP contribution in [0, 0.1) is 0 Å². The summed E-state index contributed by atoms with van der Waals surface area (Å²) in [5, 5.41) is 0. The van der Waals surface area contributed by atoms with Crippen LogP contribution < -0.4 is 5.43 Å². The summed E-state index contributed by atoms with van der Waals surface area (Å²) >= 11 is 0. The molecule has 0 fully saturated rings. The first kappa shape index (κ1) is 9.58. The zero-order valence-corrected chi connectivity index (χ0v) is 8.19. The van der Waals surface area contributed by atoms with Crippen LogP contribution in [0.4, 0.5) is 0 Å². The fourth-order valence-electron chi connectivity index (χ4n) is 1.66. The minimum Gasteiger partial charge on any atom is -0.344 e. The first-order valence-corrected chi connectivity index (χ1v) is 4.65. The molecular formula is C11H9NO3. The highest BCUT2D eigenvalue weighted by atomic mass is 16.1. The molecule has 0 atom stereocenters. The fraction of sp³-hybridized carbons (Fsp3) is 0.182. The molecule has 15 heavy (non-hydrogen) atoms. The predicted molar refractivity (Wildman–Crippen MR) is 54.2 cm³/mol.